The standard InChI is InChI=1S/C19H15ClF4N6/c20-15-8-11(19(22,23)24)10-28-18(15)27-7-1-2-16-14(9-25)17(26)30(29-16)13-5-3-12(21)4-6-13/h3-6,8,10H,1-2,7,26H2,(H,27,28). The zero-order valence-corrected chi connectivity index (χ0v) is 16.1. The average Bonchev–Trinajstić information content (AvgIpc) is 3.01. The third kappa shape index (κ3) is 4.63. The SMILES string of the molecule is N#Cc1c(CCCNc2ncc(C(F)(F)F)cc2Cl)nn(-c2ccc(F)cc2)c1N. The summed E-state index contributed by atoms with van der Waals surface area (Å²) in [4.78, 5) is 3.70. The first-order chi connectivity index (χ1) is 14.2. The van der Waals surface area contributed by atoms with Gasteiger partial charge in [0.05, 0.1) is 22.0 Å². The Bertz CT molecular complexity index is 1090. The van der Waals surface area contributed by atoms with Crippen LogP contribution in [0.15, 0.2) is 36.5 Å². The topological polar surface area (TPSA) is 92.5 Å². The van der Waals surface area contributed by atoms with Gasteiger partial charge in [-0.15, -0.1) is 0 Å². The minimum absolute atomic E-state index is 0.126. The number of alkyl halides is 3. The molecule has 0 aliphatic carbocycles. The minimum Gasteiger partial charge on any atom is -0.382 e. The number of anilines is 2. The first-order valence-corrected chi connectivity index (χ1v) is 9.08. The molecule has 0 unspecified atom stereocenters. The molecule has 11 heteroatoms. The van der Waals surface area contributed by atoms with E-state index in [0.717, 1.165) is 6.07 Å². The van der Waals surface area contributed by atoms with Crippen molar-refractivity contribution in [2.45, 2.75) is 19.0 Å². The number of nitrogen functional groups attached to an aromatic ring is 1. The maximum atomic E-state index is 13.1. The molecule has 0 aliphatic heterocycles. The van der Waals surface area contributed by atoms with Crippen molar-refractivity contribution < 1.29 is 17.6 Å². The van der Waals surface area contributed by atoms with Gasteiger partial charge in [-0.2, -0.15) is 23.5 Å². The number of halogens is 5. The van der Waals surface area contributed by atoms with Gasteiger partial charge in [-0.1, -0.05) is 11.6 Å². The van der Waals surface area contributed by atoms with E-state index in [1.54, 1.807) is 0 Å². The van der Waals surface area contributed by atoms with Gasteiger partial charge in [-0.3, -0.25) is 0 Å². The number of hydrogen-bond acceptors (Lipinski definition) is 5. The summed E-state index contributed by atoms with van der Waals surface area (Å²) in [5, 5.41) is 16.4. The molecule has 0 atom stereocenters. The number of aromatic nitrogens is 3. The van der Waals surface area contributed by atoms with E-state index in [0.29, 0.717) is 37.0 Å². The molecule has 30 heavy (non-hydrogen) atoms. The second-order valence-corrected chi connectivity index (χ2v) is 6.70. The van der Waals surface area contributed by atoms with Crippen LogP contribution in [-0.2, 0) is 12.6 Å². The first kappa shape index (κ1) is 21.4. The van der Waals surface area contributed by atoms with Crippen LogP contribution in [0.3, 0.4) is 0 Å². The van der Waals surface area contributed by atoms with Gasteiger partial charge in [0.15, 0.2) is 0 Å². The second kappa shape index (κ2) is 8.59. The van der Waals surface area contributed by atoms with Crippen LogP contribution in [0.5, 0.6) is 0 Å². The lowest BCUT2D eigenvalue weighted by molar-refractivity contribution is -0.137. The zero-order chi connectivity index (χ0) is 21.9. The van der Waals surface area contributed by atoms with E-state index in [2.05, 4.69) is 15.4 Å². The predicted octanol–water partition coefficient (Wildman–Crippen LogP) is 4.58. The van der Waals surface area contributed by atoms with Crippen molar-refractivity contribution in [3.05, 3.63) is 64.2 Å². The highest BCUT2D eigenvalue weighted by Gasteiger charge is 2.31. The van der Waals surface area contributed by atoms with E-state index in [9.17, 15) is 22.8 Å². The fraction of sp³-hybridized carbons (Fsp3) is 0.211. The van der Waals surface area contributed by atoms with Crippen LogP contribution in [0.2, 0.25) is 5.02 Å². The quantitative estimate of drug-likeness (QED) is 0.434. The van der Waals surface area contributed by atoms with Crippen LogP contribution < -0.4 is 11.1 Å². The number of rotatable bonds is 6. The molecule has 0 saturated heterocycles. The van der Waals surface area contributed by atoms with Crippen molar-refractivity contribution in [2.24, 2.45) is 0 Å². The molecule has 156 valence electrons. The summed E-state index contributed by atoms with van der Waals surface area (Å²) in [6, 6.07) is 8.30. The first-order valence-electron chi connectivity index (χ1n) is 8.70. The molecule has 1 aromatic carbocycles. The summed E-state index contributed by atoms with van der Waals surface area (Å²) in [7, 11) is 0. The summed E-state index contributed by atoms with van der Waals surface area (Å²) in [6.45, 7) is 0.326. The lowest BCUT2D eigenvalue weighted by atomic mass is 10.1. The van der Waals surface area contributed by atoms with Gasteiger partial charge in [0.25, 0.3) is 0 Å². The van der Waals surface area contributed by atoms with Gasteiger partial charge >= 0.3 is 6.18 Å². The van der Waals surface area contributed by atoms with Crippen molar-refractivity contribution in [1.82, 2.24) is 14.8 Å². The van der Waals surface area contributed by atoms with Crippen molar-refractivity contribution in [3.63, 3.8) is 0 Å². The van der Waals surface area contributed by atoms with E-state index >= 15 is 0 Å². The van der Waals surface area contributed by atoms with E-state index in [1.165, 1.54) is 28.9 Å². The molecule has 0 saturated carbocycles. The van der Waals surface area contributed by atoms with Gasteiger partial charge < -0.3 is 11.1 Å². The Morgan fingerprint density at radius 1 is 1.23 bits per heavy atom. The number of pyridine rings is 1. The maximum absolute atomic E-state index is 13.1. The molecule has 0 bridgehead atoms. The Balaban J connectivity index is 1.66. The molecule has 0 radical (unpaired) electrons. The fourth-order valence-corrected chi connectivity index (χ4v) is 2.97. The second-order valence-electron chi connectivity index (χ2n) is 6.29. The summed E-state index contributed by atoms with van der Waals surface area (Å²) in [5.41, 5.74) is 6.24. The number of nitrogens with zero attached hydrogens (tertiary/aromatic N) is 4. The van der Waals surface area contributed by atoms with Gasteiger partial charge in [0.2, 0.25) is 0 Å². The lowest BCUT2D eigenvalue weighted by Crippen LogP contribution is -2.09. The molecule has 3 rings (SSSR count). The number of aryl methyl sites for hydroxylation is 1. The highest BCUT2D eigenvalue weighted by molar-refractivity contribution is 6.32. The zero-order valence-electron chi connectivity index (χ0n) is 15.3. The van der Waals surface area contributed by atoms with Crippen LogP contribution in [0.1, 0.15) is 23.2 Å². The van der Waals surface area contributed by atoms with E-state index in [-0.39, 0.29) is 22.2 Å². The van der Waals surface area contributed by atoms with Crippen LogP contribution in [-0.4, -0.2) is 21.3 Å². The Morgan fingerprint density at radius 2 is 1.93 bits per heavy atom. The highest BCUT2D eigenvalue weighted by atomic mass is 35.5. The van der Waals surface area contributed by atoms with Gasteiger partial charge in [-0.25, -0.2) is 14.1 Å². The van der Waals surface area contributed by atoms with E-state index in [4.69, 9.17) is 17.3 Å². The van der Waals surface area contributed by atoms with Gasteiger partial charge in [-0.05, 0) is 43.2 Å². The molecule has 6 nitrogen and oxygen atoms in total. The molecule has 0 amide bonds. The normalized spacial score (nSPS) is 11.3. The number of nitriles is 1. The van der Waals surface area contributed by atoms with Crippen molar-refractivity contribution >= 4 is 23.2 Å². The molecule has 0 fully saturated rings. The molecular formula is C19H15ClF4N6. The van der Waals surface area contributed by atoms with Crippen molar-refractivity contribution in [2.75, 3.05) is 17.6 Å². The maximum Gasteiger partial charge on any atom is 0.417 e. The number of nitrogens with two attached hydrogens (primary N) is 1. The largest absolute Gasteiger partial charge is 0.417 e. The minimum atomic E-state index is -4.52. The Kier molecular flexibility index (Phi) is 6.12. The van der Waals surface area contributed by atoms with Crippen LogP contribution in [0.25, 0.3) is 5.69 Å². The predicted molar refractivity (Wildman–Crippen MR) is 104 cm³/mol. The highest BCUT2D eigenvalue weighted by Crippen LogP contribution is 2.32. The van der Waals surface area contributed by atoms with E-state index in [1.807, 2.05) is 6.07 Å². The molecule has 0 aliphatic rings. The van der Waals surface area contributed by atoms with Crippen LogP contribution >= 0.6 is 11.6 Å². The molecular weight excluding hydrogens is 424 g/mol. The third-order valence-corrected chi connectivity index (χ3v) is 4.52. The Labute approximate surface area is 173 Å². The summed E-state index contributed by atoms with van der Waals surface area (Å²) in [5.74, 6) is -0.145. The fourth-order valence-electron chi connectivity index (χ4n) is 2.74. The number of nitrogens with one attached hydrogen (secondary N) is 1. The number of hydrogen-bond donors (Lipinski definition) is 2. The smallest absolute Gasteiger partial charge is 0.382 e. The molecule has 2 aromatic heterocycles. The van der Waals surface area contributed by atoms with E-state index < -0.39 is 17.6 Å². The van der Waals surface area contributed by atoms with Crippen molar-refractivity contribution in [3.8, 4) is 11.8 Å². The van der Waals surface area contributed by atoms with Crippen LogP contribution in [0, 0.1) is 17.1 Å². The summed E-state index contributed by atoms with van der Waals surface area (Å²) >= 11 is 5.86. The monoisotopic (exact) mass is 438 g/mol. The summed E-state index contributed by atoms with van der Waals surface area (Å²) < 4.78 is 52.5. The number of benzene rings is 1. The third-order valence-electron chi connectivity index (χ3n) is 4.23. The average molecular weight is 439 g/mol. The lowest BCUT2D eigenvalue weighted by Gasteiger charge is -2.10. The summed E-state index contributed by atoms with van der Waals surface area (Å²) in [6.07, 6.45) is -2.97. The Hall–Kier alpha value is -3.32. The van der Waals surface area contributed by atoms with Gasteiger partial charge in [0, 0.05) is 12.7 Å². The Morgan fingerprint density at radius 3 is 2.53 bits per heavy atom. The molecule has 3 N–H and O–H groups in total. The van der Waals surface area contributed by atoms with Crippen molar-refractivity contribution in [1.29, 1.82) is 5.26 Å². The molecule has 3 aromatic rings. The van der Waals surface area contributed by atoms with Gasteiger partial charge in [0.1, 0.15) is 29.1 Å². The van der Waals surface area contributed by atoms with Crippen LogP contribution in [0.4, 0.5) is 29.2 Å². The molecule has 0 spiro atoms. The molecule has 2 heterocycles.